The molecule has 0 aliphatic carbocycles. The van der Waals surface area contributed by atoms with Crippen LogP contribution in [0.4, 0.5) is 17.3 Å². The fraction of sp³-hybridized carbons (Fsp3) is 0.148. The third kappa shape index (κ3) is 3.80. The van der Waals surface area contributed by atoms with Crippen LogP contribution in [-0.4, -0.2) is 37.0 Å². The van der Waals surface area contributed by atoms with Gasteiger partial charge in [-0.25, -0.2) is 19.9 Å². The first-order valence-electron chi connectivity index (χ1n) is 11.5. The van der Waals surface area contributed by atoms with E-state index in [4.69, 9.17) is 4.74 Å². The van der Waals surface area contributed by atoms with Crippen LogP contribution in [0.1, 0.15) is 12.0 Å². The Morgan fingerprint density at radius 2 is 1.92 bits per heavy atom. The molecule has 9 heteroatoms. The van der Waals surface area contributed by atoms with E-state index in [1.165, 1.54) is 6.33 Å². The minimum Gasteiger partial charge on any atom is -0.457 e. The molecule has 1 N–H and O–H groups in total. The summed E-state index contributed by atoms with van der Waals surface area (Å²) >= 11 is 0. The molecule has 1 saturated heterocycles. The number of aryl methyl sites for hydroxylation is 2. The molecule has 5 aromatic rings. The van der Waals surface area contributed by atoms with E-state index in [9.17, 15) is 4.79 Å². The molecule has 0 radical (unpaired) electrons. The Bertz CT molecular complexity index is 1670. The Labute approximate surface area is 207 Å². The van der Waals surface area contributed by atoms with E-state index in [2.05, 4.69) is 31.8 Å². The van der Waals surface area contributed by atoms with Crippen molar-refractivity contribution in [1.82, 2.24) is 24.5 Å². The Hall–Kier alpha value is -4.79. The predicted octanol–water partition coefficient (Wildman–Crippen LogP) is 5.05. The summed E-state index contributed by atoms with van der Waals surface area (Å²) in [6, 6.07) is 13.6. The molecule has 0 unspecified atom stereocenters. The van der Waals surface area contributed by atoms with Gasteiger partial charge in [0, 0.05) is 36.3 Å². The first-order chi connectivity index (χ1) is 17.5. The molecule has 0 atom stereocenters. The number of hydrogen-bond acceptors (Lipinski definition) is 7. The highest BCUT2D eigenvalue weighted by Crippen LogP contribution is 2.32. The number of carbonyl (C=O) groups excluding carboxylic acids is 1. The number of anilines is 3. The van der Waals surface area contributed by atoms with Crippen LogP contribution >= 0.6 is 0 Å². The summed E-state index contributed by atoms with van der Waals surface area (Å²) in [6.45, 7) is 6.39. The van der Waals surface area contributed by atoms with E-state index >= 15 is 0 Å². The zero-order valence-electron chi connectivity index (χ0n) is 19.9. The fourth-order valence-corrected chi connectivity index (χ4v) is 4.34. The molecule has 1 fully saturated rings. The molecule has 6 rings (SSSR count). The number of nitrogens with one attached hydrogen (secondary N) is 1. The second kappa shape index (κ2) is 8.46. The lowest BCUT2D eigenvalue weighted by Gasteiger charge is -2.16. The van der Waals surface area contributed by atoms with Gasteiger partial charge in [-0.15, -0.1) is 0 Å². The topological polar surface area (TPSA) is 98.1 Å². The monoisotopic (exact) mass is 477 g/mol. The molecule has 178 valence electrons. The molecular formula is C27H23N7O2. The van der Waals surface area contributed by atoms with Crippen molar-refractivity contribution in [3.05, 3.63) is 79.0 Å². The number of imidazole rings is 1. The van der Waals surface area contributed by atoms with Crippen LogP contribution in [0.5, 0.6) is 11.5 Å². The number of aromatic nitrogens is 5. The maximum Gasteiger partial charge on any atom is 0.254 e. The molecule has 2 aromatic carbocycles. The highest BCUT2D eigenvalue weighted by atomic mass is 16.5. The molecule has 1 amide bonds. The van der Waals surface area contributed by atoms with Gasteiger partial charge in [0.2, 0.25) is 0 Å². The quantitative estimate of drug-likeness (QED) is 0.354. The number of amides is 1. The van der Waals surface area contributed by atoms with Gasteiger partial charge >= 0.3 is 0 Å². The molecule has 36 heavy (non-hydrogen) atoms. The molecule has 1 aliphatic rings. The Balaban J connectivity index is 1.26. The van der Waals surface area contributed by atoms with Gasteiger partial charge in [0.15, 0.2) is 0 Å². The standard InChI is InChI=1S/C27H23N7O2/c1-16-8-9-34(27(16)35)25-12-20-22(13-28-25)29-14-30-26(20)32-18-4-7-24(17(2)10-18)36-19-5-6-23-21(11-19)31-15-33(23)3/h4-7,10-15H,1,8-9H2,2-3H3,(H,29,30,32). The van der Waals surface area contributed by atoms with Gasteiger partial charge in [-0.2, -0.15) is 0 Å². The van der Waals surface area contributed by atoms with Crippen molar-refractivity contribution >= 4 is 45.2 Å². The normalized spacial score (nSPS) is 13.7. The average molecular weight is 478 g/mol. The van der Waals surface area contributed by atoms with Crippen molar-refractivity contribution in [1.29, 1.82) is 0 Å². The molecule has 0 saturated carbocycles. The average Bonchev–Trinajstić information content (AvgIpc) is 3.42. The van der Waals surface area contributed by atoms with Crippen molar-refractivity contribution in [2.24, 2.45) is 7.05 Å². The van der Waals surface area contributed by atoms with Gasteiger partial charge in [0.05, 0.1) is 29.1 Å². The maximum absolute atomic E-state index is 12.4. The zero-order chi connectivity index (χ0) is 24.8. The molecule has 9 nitrogen and oxygen atoms in total. The van der Waals surface area contributed by atoms with Crippen molar-refractivity contribution in [2.45, 2.75) is 13.3 Å². The summed E-state index contributed by atoms with van der Waals surface area (Å²) in [5, 5.41) is 4.15. The first-order valence-corrected chi connectivity index (χ1v) is 11.5. The third-order valence-electron chi connectivity index (χ3n) is 6.33. The largest absolute Gasteiger partial charge is 0.457 e. The summed E-state index contributed by atoms with van der Waals surface area (Å²) in [7, 11) is 1.97. The lowest BCUT2D eigenvalue weighted by atomic mass is 10.2. The molecule has 1 aliphatic heterocycles. The molecule has 3 aromatic heterocycles. The van der Waals surface area contributed by atoms with Crippen molar-refractivity contribution in [3.8, 4) is 11.5 Å². The number of rotatable bonds is 5. The Kier molecular flexibility index (Phi) is 5.10. The van der Waals surface area contributed by atoms with E-state index < -0.39 is 0 Å². The number of carbonyl (C=O) groups is 1. The van der Waals surface area contributed by atoms with Crippen LogP contribution < -0.4 is 15.0 Å². The van der Waals surface area contributed by atoms with Gasteiger partial charge in [0.1, 0.15) is 29.5 Å². The fourth-order valence-electron chi connectivity index (χ4n) is 4.34. The van der Waals surface area contributed by atoms with E-state index in [0.717, 1.165) is 39.2 Å². The lowest BCUT2D eigenvalue weighted by molar-refractivity contribution is -0.114. The number of ether oxygens (including phenoxy) is 1. The second-order valence-electron chi connectivity index (χ2n) is 8.81. The van der Waals surface area contributed by atoms with Gasteiger partial charge in [-0.1, -0.05) is 6.58 Å². The van der Waals surface area contributed by atoms with Crippen molar-refractivity contribution in [2.75, 3.05) is 16.8 Å². The third-order valence-corrected chi connectivity index (χ3v) is 6.33. The minimum absolute atomic E-state index is 0.0957. The van der Waals surface area contributed by atoms with E-state index in [1.54, 1.807) is 17.4 Å². The van der Waals surface area contributed by atoms with Crippen molar-refractivity contribution in [3.63, 3.8) is 0 Å². The minimum atomic E-state index is -0.0957. The van der Waals surface area contributed by atoms with Crippen LogP contribution in [-0.2, 0) is 11.8 Å². The molecule has 0 spiro atoms. The maximum atomic E-state index is 12.4. The summed E-state index contributed by atoms with van der Waals surface area (Å²) < 4.78 is 8.11. The van der Waals surface area contributed by atoms with E-state index in [1.807, 2.05) is 61.0 Å². The van der Waals surface area contributed by atoms with Crippen molar-refractivity contribution < 1.29 is 9.53 Å². The lowest BCUT2D eigenvalue weighted by Crippen LogP contribution is -2.25. The number of fused-ring (bicyclic) bond motifs is 2. The summed E-state index contributed by atoms with van der Waals surface area (Å²) in [5.41, 5.74) is 5.02. The van der Waals surface area contributed by atoms with E-state index in [-0.39, 0.29) is 5.91 Å². The predicted molar refractivity (Wildman–Crippen MR) is 139 cm³/mol. The van der Waals surface area contributed by atoms with Gasteiger partial charge < -0.3 is 14.6 Å². The van der Waals surface area contributed by atoms with Gasteiger partial charge in [-0.05, 0) is 55.3 Å². The van der Waals surface area contributed by atoms with Crippen LogP contribution in [0.3, 0.4) is 0 Å². The van der Waals surface area contributed by atoms with Crippen LogP contribution in [0.2, 0.25) is 0 Å². The number of pyridine rings is 1. The summed E-state index contributed by atoms with van der Waals surface area (Å²) in [5.74, 6) is 2.58. The molecule has 0 bridgehead atoms. The highest BCUT2D eigenvalue weighted by molar-refractivity contribution is 6.08. The first kappa shape index (κ1) is 21.7. The number of nitrogens with zero attached hydrogens (tertiary/aromatic N) is 6. The number of benzene rings is 2. The van der Waals surface area contributed by atoms with Crippen LogP contribution in [0.15, 0.2) is 73.5 Å². The van der Waals surface area contributed by atoms with Crippen LogP contribution in [0, 0.1) is 6.92 Å². The van der Waals surface area contributed by atoms with Crippen LogP contribution in [0.25, 0.3) is 21.9 Å². The molecule has 4 heterocycles. The highest BCUT2D eigenvalue weighted by Gasteiger charge is 2.26. The smallest absolute Gasteiger partial charge is 0.254 e. The SMILES string of the molecule is C=C1CCN(c2cc3c(Nc4ccc(Oc5ccc6c(c5)ncn6C)c(C)c4)ncnc3cn2)C1=O. The van der Waals surface area contributed by atoms with Gasteiger partial charge in [-0.3, -0.25) is 9.69 Å². The Morgan fingerprint density at radius 3 is 2.72 bits per heavy atom. The zero-order valence-corrected chi connectivity index (χ0v) is 19.9. The number of hydrogen-bond donors (Lipinski definition) is 1. The Morgan fingerprint density at radius 1 is 1.03 bits per heavy atom. The summed E-state index contributed by atoms with van der Waals surface area (Å²) in [6.07, 6.45) is 5.58. The van der Waals surface area contributed by atoms with Gasteiger partial charge in [0.25, 0.3) is 5.91 Å². The summed E-state index contributed by atoms with van der Waals surface area (Å²) in [4.78, 5) is 31.6. The molecular weight excluding hydrogens is 454 g/mol. The van der Waals surface area contributed by atoms with E-state index in [0.29, 0.717) is 35.7 Å². The second-order valence-corrected chi connectivity index (χ2v) is 8.81.